The van der Waals surface area contributed by atoms with Crippen molar-refractivity contribution < 1.29 is 22.3 Å². The summed E-state index contributed by atoms with van der Waals surface area (Å²) < 4.78 is 45.8. The topological polar surface area (TPSA) is 76.6 Å². The molecule has 0 aliphatic heterocycles. The lowest BCUT2D eigenvalue weighted by molar-refractivity contribution is 0.0609. The Kier molecular flexibility index (Phi) is 5.77. The molecule has 1 aromatic heterocycles. The molecule has 1 aromatic carbocycles. The van der Waals surface area contributed by atoms with Gasteiger partial charge in [-0.25, -0.2) is 22.6 Å². The molecule has 2 aromatic rings. The van der Waals surface area contributed by atoms with E-state index in [-0.39, 0.29) is 14.6 Å². The summed E-state index contributed by atoms with van der Waals surface area (Å²) >= 11 is 9.78. The number of hydrogen-bond donors (Lipinski definition) is 0. The molecule has 0 saturated heterocycles. The highest BCUT2D eigenvalue weighted by molar-refractivity contribution is 9.10. The van der Waals surface area contributed by atoms with Gasteiger partial charge in [0.15, 0.2) is 0 Å². The number of benzene rings is 1. The number of rotatable bonds is 3. The van der Waals surface area contributed by atoms with E-state index in [0.29, 0.717) is 4.31 Å². The molecular weight excluding hydrogens is 459 g/mol. The highest BCUT2D eigenvalue weighted by Gasteiger charge is 2.38. The van der Waals surface area contributed by atoms with Crippen molar-refractivity contribution in [1.82, 2.24) is 4.98 Å². The smallest absolute Gasteiger partial charge is 0.431 e. The highest BCUT2D eigenvalue weighted by Crippen LogP contribution is 2.33. The maximum atomic E-state index is 14.3. The Morgan fingerprint density at radius 2 is 2.04 bits per heavy atom. The summed E-state index contributed by atoms with van der Waals surface area (Å²) in [5.41, 5.74) is -0.960. The van der Waals surface area contributed by atoms with Crippen molar-refractivity contribution in [1.29, 1.82) is 0 Å². The van der Waals surface area contributed by atoms with Gasteiger partial charge < -0.3 is 4.74 Å². The van der Waals surface area contributed by atoms with E-state index in [0.717, 1.165) is 23.5 Å². The van der Waals surface area contributed by atoms with Crippen LogP contribution < -0.4 is 4.31 Å². The number of carbonyl (C=O) groups excluding carboxylic acids is 1. The first-order valence-electron chi connectivity index (χ1n) is 6.76. The van der Waals surface area contributed by atoms with Crippen molar-refractivity contribution in [2.75, 3.05) is 4.31 Å². The molecule has 0 aliphatic rings. The monoisotopic (exact) mass is 470 g/mol. The Balaban J connectivity index is 2.61. The molecule has 0 spiro atoms. The zero-order valence-electron chi connectivity index (χ0n) is 13.3. The summed E-state index contributed by atoms with van der Waals surface area (Å²) in [6.07, 6.45) is 0.124. The van der Waals surface area contributed by atoms with Crippen LogP contribution in [-0.4, -0.2) is 25.1 Å². The van der Waals surface area contributed by atoms with Crippen LogP contribution >= 0.6 is 38.9 Å². The average Bonchev–Trinajstić information content (AvgIpc) is 2.94. The van der Waals surface area contributed by atoms with Crippen LogP contribution in [0.1, 0.15) is 20.8 Å². The lowest BCUT2D eigenvalue weighted by Gasteiger charge is -2.25. The molecule has 0 N–H and O–H groups in total. The number of halogens is 3. The molecule has 1 heterocycles. The lowest BCUT2D eigenvalue weighted by atomic mass is 10.2. The molecule has 0 atom stereocenters. The fraction of sp³-hybridized carbons (Fsp3) is 0.286. The molecule has 0 bridgehead atoms. The van der Waals surface area contributed by atoms with Crippen LogP contribution in [0.3, 0.4) is 0 Å². The van der Waals surface area contributed by atoms with E-state index in [4.69, 9.17) is 16.3 Å². The molecule has 136 valence electrons. The lowest BCUT2D eigenvalue weighted by Crippen LogP contribution is -2.41. The van der Waals surface area contributed by atoms with Gasteiger partial charge in [-0.2, -0.15) is 0 Å². The molecule has 2 rings (SSSR count). The minimum absolute atomic E-state index is 0.0248. The summed E-state index contributed by atoms with van der Waals surface area (Å²) in [7, 11) is -4.64. The Morgan fingerprint density at radius 1 is 1.40 bits per heavy atom. The minimum Gasteiger partial charge on any atom is -0.443 e. The Labute approximate surface area is 161 Å². The Bertz CT molecular complexity index is 898. The number of aromatic nitrogens is 1. The first-order chi connectivity index (χ1) is 11.4. The molecule has 6 nitrogen and oxygen atoms in total. The van der Waals surface area contributed by atoms with E-state index in [9.17, 15) is 17.6 Å². The quantitative estimate of drug-likeness (QED) is 0.599. The summed E-state index contributed by atoms with van der Waals surface area (Å²) in [6, 6.07) is 1.83. The predicted octanol–water partition coefficient (Wildman–Crippen LogP) is 4.83. The van der Waals surface area contributed by atoms with Crippen molar-refractivity contribution >= 4 is 60.1 Å². The molecule has 0 unspecified atom stereocenters. The maximum Gasteiger partial charge on any atom is 0.431 e. The number of thiazole rings is 1. The number of nitrogens with zero attached hydrogens (tertiary/aromatic N) is 2. The van der Waals surface area contributed by atoms with Gasteiger partial charge in [0.2, 0.25) is 5.13 Å². The van der Waals surface area contributed by atoms with Crippen LogP contribution in [0.25, 0.3) is 0 Å². The van der Waals surface area contributed by atoms with Crippen LogP contribution in [0, 0.1) is 5.82 Å². The van der Waals surface area contributed by atoms with Crippen molar-refractivity contribution in [3.63, 3.8) is 0 Å². The second-order valence-corrected chi connectivity index (χ2v) is 9.65. The second kappa shape index (κ2) is 7.18. The third-order valence-corrected chi connectivity index (χ3v) is 6.39. The van der Waals surface area contributed by atoms with Gasteiger partial charge in [-0.15, -0.1) is 15.6 Å². The van der Waals surface area contributed by atoms with Crippen LogP contribution in [-0.2, 0) is 14.8 Å². The van der Waals surface area contributed by atoms with Gasteiger partial charge in [0.25, 0.3) is 10.0 Å². The fourth-order valence-corrected chi connectivity index (χ4v) is 4.46. The molecule has 25 heavy (non-hydrogen) atoms. The van der Waals surface area contributed by atoms with E-state index >= 15 is 0 Å². The molecule has 0 saturated carbocycles. The van der Waals surface area contributed by atoms with Gasteiger partial charge in [0.1, 0.15) is 16.3 Å². The SMILES string of the molecule is CC(C)(C)OC(=O)N(c1nccs1)S(=O)(=O)c1cc(Cl)c(Br)cc1F. The molecular formula is C14H13BrClFN2O4S2. The fourth-order valence-electron chi connectivity index (χ4n) is 1.70. The second-order valence-electron chi connectivity index (χ2n) is 5.76. The Morgan fingerprint density at radius 3 is 2.56 bits per heavy atom. The standard InChI is InChI=1S/C14H13BrClFN2O4S2/c1-14(2,3)23-13(20)19(12-18-4-5-24-12)25(21,22)11-7-9(16)8(15)6-10(11)17/h4-7H,1-3H3. The third-order valence-electron chi connectivity index (χ3n) is 2.65. The number of amides is 1. The van der Waals surface area contributed by atoms with Crippen molar-refractivity contribution in [3.05, 3.63) is 39.0 Å². The number of carbonyl (C=O) groups is 1. The van der Waals surface area contributed by atoms with E-state index in [1.807, 2.05) is 0 Å². The van der Waals surface area contributed by atoms with E-state index in [1.54, 1.807) is 20.8 Å². The van der Waals surface area contributed by atoms with Gasteiger partial charge in [-0.1, -0.05) is 11.6 Å². The molecule has 0 aliphatic carbocycles. The number of hydrogen-bond acceptors (Lipinski definition) is 6. The zero-order chi connectivity index (χ0) is 19.0. The molecule has 1 amide bonds. The van der Waals surface area contributed by atoms with Crippen LogP contribution in [0.5, 0.6) is 0 Å². The number of anilines is 1. The zero-order valence-corrected chi connectivity index (χ0v) is 17.3. The van der Waals surface area contributed by atoms with Gasteiger partial charge in [-0.3, -0.25) is 0 Å². The van der Waals surface area contributed by atoms with E-state index < -0.39 is 32.4 Å². The van der Waals surface area contributed by atoms with Gasteiger partial charge in [0, 0.05) is 16.0 Å². The predicted molar refractivity (Wildman–Crippen MR) is 97.1 cm³/mol. The Hall–Kier alpha value is -1.23. The highest BCUT2D eigenvalue weighted by atomic mass is 79.9. The summed E-state index contributed by atoms with van der Waals surface area (Å²) in [4.78, 5) is 15.5. The maximum absolute atomic E-state index is 14.3. The summed E-state index contributed by atoms with van der Waals surface area (Å²) in [6.45, 7) is 4.73. The summed E-state index contributed by atoms with van der Waals surface area (Å²) in [5.74, 6) is -1.07. The number of ether oxygens (including phenoxy) is 1. The van der Waals surface area contributed by atoms with Gasteiger partial charge in [-0.05, 0) is 48.8 Å². The molecule has 0 fully saturated rings. The first kappa shape index (κ1) is 20.1. The van der Waals surface area contributed by atoms with Crippen molar-refractivity contribution in [2.45, 2.75) is 31.3 Å². The summed E-state index contributed by atoms with van der Waals surface area (Å²) in [5, 5.41) is 1.28. The van der Waals surface area contributed by atoms with Gasteiger partial charge in [0.05, 0.1) is 5.02 Å². The number of sulfonamides is 1. The average molecular weight is 472 g/mol. The largest absolute Gasteiger partial charge is 0.443 e. The first-order valence-corrected chi connectivity index (χ1v) is 10.2. The van der Waals surface area contributed by atoms with Crippen LogP contribution in [0.4, 0.5) is 14.3 Å². The molecule has 11 heteroatoms. The minimum atomic E-state index is -4.64. The van der Waals surface area contributed by atoms with E-state index in [1.165, 1.54) is 11.6 Å². The molecule has 0 radical (unpaired) electrons. The van der Waals surface area contributed by atoms with Crippen LogP contribution in [0.15, 0.2) is 33.1 Å². The van der Waals surface area contributed by atoms with Crippen LogP contribution in [0.2, 0.25) is 5.02 Å². The van der Waals surface area contributed by atoms with E-state index in [2.05, 4.69) is 20.9 Å². The normalized spacial score (nSPS) is 12.1. The third kappa shape index (κ3) is 4.49. The van der Waals surface area contributed by atoms with Crippen molar-refractivity contribution in [2.24, 2.45) is 0 Å². The van der Waals surface area contributed by atoms with Gasteiger partial charge >= 0.3 is 6.09 Å². The van der Waals surface area contributed by atoms with Crippen molar-refractivity contribution in [3.8, 4) is 0 Å².